The van der Waals surface area contributed by atoms with Crippen LogP contribution in [0.4, 0.5) is 0 Å². The summed E-state index contributed by atoms with van der Waals surface area (Å²) in [7, 11) is 0. The zero-order valence-corrected chi connectivity index (χ0v) is 11.7. The van der Waals surface area contributed by atoms with E-state index in [1.807, 2.05) is 0 Å². The second-order valence-electron chi connectivity index (χ2n) is 4.57. The maximum atomic E-state index is 11.4. The van der Waals surface area contributed by atoms with E-state index in [1.54, 1.807) is 0 Å². The first-order valence-electron chi connectivity index (χ1n) is 6.76. The van der Waals surface area contributed by atoms with Crippen molar-refractivity contribution in [1.29, 1.82) is 0 Å². The molecule has 0 saturated heterocycles. The number of carboxylic acids is 1. The zero-order valence-electron chi connectivity index (χ0n) is 11.7. The van der Waals surface area contributed by atoms with Gasteiger partial charge in [-0.05, 0) is 13.3 Å². The first kappa shape index (κ1) is 17.4. The lowest BCUT2D eigenvalue weighted by molar-refractivity contribution is -0.141. The Bertz CT molecular complexity index is 305. The van der Waals surface area contributed by atoms with Crippen LogP contribution in [0.2, 0.25) is 0 Å². The predicted octanol–water partition coefficient (Wildman–Crippen LogP) is 1.05. The van der Waals surface area contributed by atoms with Crippen molar-refractivity contribution in [3.05, 3.63) is 0 Å². The second kappa shape index (κ2) is 10.3. The third-order valence-electron chi connectivity index (χ3n) is 2.70. The van der Waals surface area contributed by atoms with E-state index < -0.39 is 17.9 Å². The van der Waals surface area contributed by atoms with Crippen molar-refractivity contribution in [3.63, 3.8) is 0 Å². The van der Waals surface area contributed by atoms with Gasteiger partial charge < -0.3 is 15.7 Å². The average molecular weight is 272 g/mol. The number of carbonyl (C=O) groups excluding carboxylic acids is 2. The maximum absolute atomic E-state index is 11.4. The van der Waals surface area contributed by atoms with Crippen LogP contribution >= 0.6 is 0 Å². The van der Waals surface area contributed by atoms with Gasteiger partial charge in [0.05, 0.1) is 6.54 Å². The molecule has 0 aromatic rings. The number of unbranched alkanes of at least 4 members (excludes halogenated alkanes) is 4. The molecular weight excluding hydrogens is 248 g/mol. The van der Waals surface area contributed by atoms with E-state index >= 15 is 0 Å². The van der Waals surface area contributed by atoms with Crippen LogP contribution in [0, 0.1) is 0 Å². The molecule has 1 atom stereocenters. The van der Waals surface area contributed by atoms with Gasteiger partial charge in [0.2, 0.25) is 11.8 Å². The Balaban J connectivity index is 3.61. The highest BCUT2D eigenvalue weighted by Crippen LogP contribution is 2.04. The Morgan fingerprint density at radius 2 is 1.68 bits per heavy atom. The highest BCUT2D eigenvalue weighted by Gasteiger charge is 2.14. The lowest BCUT2D eigenvalue weighted by Gasteiger charge is -2.09. The normalized spacial score (nSPS) is 11.7. The maximum Gasteiger partial charge on any atom is 0.325 e. The van der Waals surface area contributed by atoms with Gasteiger partial charge in [-0.2, -0.15) is 0 Å². The van der Waals surface area contributed by atoms with Crippen LogP contribution in [0.25, 0.3) is 0 Å². The average Bonchev–Trinajstić information content (AvgIpc) is 2.36. The van der Waals surface area contributed by atoms with Crippen molar-refractivity contribution >= 4 is 17.8 Å². The van der Waals surface area contributed by atoms with E-state index in [1.165, 1.54) is 13.3 Å². The Hall–Kier alpha value is -1.59. The van der Waals surface area contributed by atoms with Gasteiger partial charge in [-0.25, -0.2) is 0 Å². The highest BCUT2D eigenvalue weighted by atomic mass is 16.4. The van der Waals surface area contributed by atoms with Gasteiger partial charge in [-0.15, -0.1) is 0 Å². The van der Waals surface area contributed by atoms with Crippen LogP contribution < -0.4 is 10.6 Å². The first-order valence-corrected chi connectivity index (χ1v) is 6.76. The smallest absolute Gasteiger partial charge is 0.325 e. The van der Waals surface area contributed by atoms with Crippen LogP contribution in [0.1, 0.15) is 52.4 Å². The summed E-state index contributed by atoms with van der Waals surface area (Å²) in [6.07, 6.45) is 5.71. The van der Waals surface area contributed by atoms with Gasteiger partial charge in [-0.3, -0.25) is 14.4 Å². The Morgan fingerprint density at radius 3 is 2.26 bits per heavy atom. The lowest BCUT2D eigenvalue weighted by Crippen LogP contribution is -2.43. The van der Waals surface area contributed by atoms with Crippen LogP contribution in [0.3, 0.4) is 0 Å². The molecule has 3 N–H and O–H groups in total. The molecule has 6 heteroatoms. The Morgan fingerprint density at radius 1 is 1.05 bits per heavy atom. The van der Waals surface area contributed by atoms with E-state index in [0.717, 1.165) is 25.7 Å². The molecule has 1 unspecified atom stereocenters. The third kappa shape index (κ3) is 10.1. The summed E-state index contributed by atoms with van der Waals surface area (Å²) in [4.78, 5) is 33.2. The fraction of sp³-hybridized carbons (Fsp3) is 0.769. The third-order valence-corrected chi connectivity index (χ3v) is 2.70. The summed E-state index contributed by atoms with van der Waals surface area (Å²) in [5, 5.41) is 13.3. The molecule has 0 aliphatic heterocycles. The topological polar surface area (TPSA) is 95.5 Å². The van der Waals surface area contributed by atoms with Crippen LogP contribution in [-0.2, 0) is 14.4 Å². The second-order valence-corrected chi connectivity index (χ2v) is 4.57. The number of carbonyl (C=O) groups is 3. The molecule has 0 aromatic heterocycles. The van der Waals surface area contributed by atoms with Crippen molar-refractivity contribution in [3.8, 4) is 0 Å². The lowest BCUT2D eigenvalue weighted by atomic mass is 10.1. The molecule has 0 aliphatic carbocycles. The fourth-order valence-electron chi connectivity index (χ4n) is 1.51. The monoisotopic (exact) mass is 272 g/mol. The molecule has 0 aliphatic rings. The van der Waals surface area contributed by atoms with Gasteiger partial charge in [0.25, 0.3) is 0 Å². The van der Waals surface area contributed by atoms with E-state index in [0.29, 0.717) is 6.42 Å². The number of hydrogen-bond donors (Lipinski definition) is 3. The number of amides is 2. The van der Waals surface area contributed by atoms with Crippen LogP contribution in [0.15, 0.2) is 0 Å². The van der Waals surface area contributed by atoms with E-state index in [-0.39, 0.29) is 12.5 Å². The molecule has 0 aromatic carbocycles. The molecule has 0 rings (SSSR count). The molecule has 0 heterocycles. The van der Waals surface area contributed by atoms with E-state index in [2.05, 4.69) is 17.6 Å². The molecule has 19 heavy (non-hydrogen) atoms. The molecule has 110 valence electrons. The molecule has 0 bridgehead atoms. The van der Waals surface area contributed by atoms with Gasteiger partial charge in [0.15, 0.2) is 0 Å². The van der Waals surface area contributed by atoms with Crippen LogP contribution in [-0.4, -0.2) is 35.5 Å². The summed E-state index contributed by atoms with van der Waals surface area (Å²) in [6, 6.07) is -0.946. The predicted molar refractivity (Wildman–Crippen MR) is 71.6 cm³/mol. The Kier molecular flexibility index (Phi) is 9.48. The Labute approximate surface area is 113 Å². The first-order chi connectivity index (χ1) is 8.97. The van der Waals surface area contributed by atoms with Gasteiger partial charge in [-0.1, -0.05) is 32.6 Å². The number of aliphatic carboxylic acids is 1. The zero-order chi connectivity index (χ0) is 14.7. The number of carboxylic acid groups (broad SMARTS) is 1. The van der Waals surface area contributed by atoms with E-state index in [9.17, 15) is 14.4 Å². The molecule has 0 radical (unpaired) electrons. The SMILES string of the molecule is CCCCCCCC(=O)NCC(=O)NC(C)C(=O)O. The summed E-state index contributed by atoms with van der Waals surface area (Å²) in [6.45, 7) is 3.32. The van der Waals surface area contributed by atoms with Crippen molar-refractivity contribution in [2.45, 2.75) is 58.4 Å². The molecule has 0 spiro atoms. The van der Waals surface area contributed by atoms with Crippen molar-refractivity contribution < 1.29 is 19.5 Å². The van der Waals surface area contributed by atoms with Crippen molar-refractivity contribution in [1.82, 2.24) is 10.6 Å². The largest absolute Gasteiger partial charge is 0.480 e. The van der Waals surface area contributed by atoms with Crippen molar-refractivity contribution in [2.75, 3.05) is 6.54 Å². The van der Waals surface area contributed by atoms with Gasteiger partial charge >= 0.3 is 5.97 Å². The minimum absolute atomic E-state index is 0.172. The van der Waals surface area contributed by atoms with Crippen molar-refractivity contribution in [2.24, 2.45) is 0 Å². The summed E-state index contributed by atoms with van der Waals surface area (Å²) in [5.74, 6) is -1.76. The molecule has 6 nitrogen and oxygen atoms in total. The number of nitrogens with one attached hydrogen (secondary N) is 2. The van der Waals surface area contributed by atoms with Gasteiger partial charge in [0, 0.05) is 6.42 Å². The minimum atomic E-state index is -1.10. The summed E-state index contributed by atoms with van der Waals surface area (Å²) in [5.41, 5.74) is 0. The molecule has 2 amide bonds. The highest BCUT2D eigenvalue weighted by molar-refractivity contribution is 5.87. The fourth-order valence-corrected chi connectivity index (χ4v) is 1.51. The summed E-state index contributed by atoms with van der Waals surface area (Å²) >= 11 is 0. The number of rotatable bonds is 10. The molecular formula is C13H24N2O4. The molecule has 0 fully saturated rings. The van der Waals surface area contributed by atoms with Gasteiger partial charge in [0.1, 0.15) is 6.04 Å². The van der Waals surface area contributed by atoms with Crippen LogP contribution in [0.5, 0.6) is 0 Å². The number of hydrogen-bond acceptors (Lipinski definition) is 3. The minimum Gasteiger partial charge on any atom is -0.480 e. The molecule has 0 saturated carbocycles. The quantitative estimate of drug-likeness (QED) is 0.518. The van der Waals surface area contributed by atoms with E-state index in [4.69, 9.17) is 5.11 Å². The standard InChI is InChI=1S/C13H24N2O4/c1-3-4-5-6-7-8-11(16)14-9-12(17)15-10(2)13(18)19/h10H,3-9H2,1-2H3,(H,14,16)(H,15,17)(H,18,19). The summed E-state index contributed by atoms with van der Waals surface area (Å²) < 4.78 is 0.